The van der Waals surface area contributed by atoms with Crippen molar-refractivity contribution in [2.75, 3.05) is 14.2 Å². The lowest BCUT2D eigenvalue weighted by Crippen LogP contribution is -2.22. The van der Waals surface area contributed by atoms with E-state index in [2.05, 4.69) is 15.5 Å². The summed E-state index contributed by atoms with van der Waals surface area (Å²) >= 11 is 0. The highest BCUT2D eigenvalue weighted by Gasteiger charge is 2.13. The summed E-state index contributed by atoms with van der Waals surface area (Å²) in [7, 11) is 3.13. The molecule has 0 fully saturated rings. The summed E-state index contributed by atoms with van der Waals surface area (Å²) < 4.78 is 15.7. The van der Waals surface area contributed by atoms with E-state index in [4.69, 9.17) is 14.0 Å². The van der Waals surface area contributed by atoms with Crippen molar-refractivity contribution >= 4 is 5.91 Å². The molecule has 3 aromatic rings. The number of hydrogen-bond donors (Lipinski definition) is 1. The Morgan fingerprint density at radius 3 is 2.56 bits per heavy atom. The lowest BCUT2D eigenvalue weighted by molar-refractivity contribution is 0.0946. The maximum Gasteiger partial charge on any atom is 0.251 e. The number of aromatic nitrogens is 2. The van der Waals surface area contributed by atoms with Crippen LogP contribution >= 0.6 is 0 Å². The highest BCUT2D eigenvalue weighted by Crippen LogP contribution is 2.31. The van der Waals surface area contributed by atoms with Crippen molar-refractivity contribution in [1.82, 2.24) is 15.5 Å². The van der Waals surface area contributed by atoms with Crippen LogP contribution in [0, 0.1) is 0 Å². The van der Waals surface area contributed by atoms with Gasteiger partial charge in [0.05, 0.1) is 20.8 Å². The molecule has 0 aliphatic rings. The molecule has 7 heteroatoms. The number of amides is 1. The number of carbonyl (C=O) groups excluding carboxylic acids is 1. The molecule has 0 aliphatic heterocycles. The standard InChI is InChI=1S/C18H17N3O4/c1-23-14-9-8-13(10-15(14)24-2)17-20-16(25-21-17)11-19-18(22)12-6-4-3-5-7-12/h3-10H,11H2,1-2H3,(H,19,22). The zero-order chi connectivity index (χ0) is 17.6. The monoisotopic (exact) mass is 339 g/mol. The van der Waals surface area contributed by atoms with Crippen molar-refractivity contribution in [3.63, 3.8) is 0 Å². The third-order valence-electron chi connectivity index (χ3n) is 3.55. The highest BCUT2D eigenvalue weighted by molar-refractivity contribution is 5.93. The molecule has 7 nitrogen and oxygen atoms in total. The summed E-state index contributed by atoms with van der Waals surface area (Å²) in [5.74, 6) is 1.71. The molecule has 0 saturated heterocycles. The highest BCUT2D eigenvalue weighted by atomic mass is 16.5. The number of nitrogens with one attached hydrogen (secondary N) is 1. The fraction of sp³-hybridized carbons (Fsp3) is 0.167. The predicted molar refractivity (Wildman–Crippen MR) is 90.5 cm³/mol. The first-order valence-electron chi connectivity index (χ1n) is 7.59. The number of ether oxygens (including phenoxy) is 2. The van der Waals surface area contributed by atoms with Crippen molar-refractivity contribution in [2.24, 2.45) is 0 Å². The summed E-state index contributed by atoms with van der Waals surface area (Å²) in [6.45, 7) is 0.147. The quantitative estimate of drug-likeness (QED) is 0.743. The number of nitrogens with zero attached hydrogens (tertiary/aromatic N) is 2. The van der Waals surface area contributed by atoms with Gasteiger partial charge in [-0.15, -0.1) is 0 Å². The zero-order valence-corrected chi connectivity index (χ0v) is 13.9. The van der Waals surface area contributed by atoms with Gasteiger partial charge in [-0.2, -0.15) is 4.98 Å². The van der Waals surface area contributed by atoms with Gasteiger partial charge in [-0.05, 0) is 30.3 Å². The van der Waals surface area contributed by atoms with E-state index in [1.54, 1.807) is 56.7 Å². The fourth-order valence-corrected chi connectivity index (χ4v) is 2.27. The van der Waals surface area contributed by atoms with Gasteiger partial charge < -0.3 is 19.3 Å². The van der Waals surface area contributed by atoms with Gasteiger partial charge in [-0.1, -0.05) is 23.4 Å². The van der Waals surface area contributed by atoms with E-state index in [1.807, 2.05) is 6.07 Å². The van der Waals surface area contributed by atoms with Crippen LogP contribution in [0.25, 0.3) is 11.4 Å². The van der Waals surface area contributed by atoms with E-state index in [9.17, 15) is 4.79 Å². The Labute approximate surface area is 144 Å². The Morgan fingerprint density at radius 2 is 1.84 bits per heavy atom. The van der Waals surface area contributed by atoms with E-state index < -0.39 is 0 Å². The lowest BCUT2D eigenvalue weighted by Gasteiger charge is -2.07. The molecule has 0 aliphatic carbocycles. The van der Waals surface area contributed by atoms with Gasteiger partial charge >= 0.3 is 0 Å². The molecule has 1 heterocycles. The molecular formula is C18H17N3O4. The third-order valence-corrected chi connectivity index (χ3v) is 3.55. The van der Waals surface area contributed by atoms with E-state index in [1.165, 1.54) is 0 Å². The molecule has 1 amide bonds. The number of carbonyl (C=O) groups is 1. The van der Waals surface area contributed by atoms with Crippen LogP contribution in [0.15, 0.2) is 53.1 Å². The van der Waals surface area contributed by atoms with Gasteiger partial charge in [0.2, 0.25) is 11.7 Å². The normalized spacial score (nSPS) is 10.3. The van der Waals surface area contributed by atoms with Crippen LogP contribution in [-0.4, -0.2) is 30.3 Å². The smallest absolute Gasteiger partial charge is 0.251 e. The largest absolute Gasteiger partial charge is 0.493 e. The van der Waals surface area contributed by atoms with Crippen molar-refractivity contribution in [1.29, 1.82) is 0 Å². The first-order valence-corrected chi connectivity index (χ1v) is 7.59. The van der Waals surface area contributed by atoms with Crippen LogP contribution < -0.4 is 14.8 Å². The molecule has 3 rings (SSSR count). The second-order valence-corrected chi connectivity index (χ2v) is 5.13. The van der Waals surface area contributed by atoms with Gasteiger partial charge in [0.15, 0.2) is 11.5 Å². The van der Waals surface area contributed by atoms with Crippen LogP contribution in [-0.2, 0) is 6.54 Å². The van der Waals surface area contributed by atoms with E-state index in [0.717, 1.165) is 5.56 Å². The first-order chi connectivity index (χ1) is 12.2. The van der Waals surface area contributed by atoms with Crippen molar-refractivity contribution in [3.8, 4) is 22.9 Å². The number of methoxy groups -OCH3 is 2. The number of rotatable bonds is 6. The molecule has 0 spiro atoms. The van der Waals surface area contributed by atoms with E-state index in [-0.39, 0.29) is 12.5 Å². The van der Waals surface area contributed by atoms with Crippen molar-refractivity contribution in [3.05, 3.63) is 60.0 Å². The van der Waals surface area contributed by atoms with Gasteiger partial charge in [0.25, 0.3) is 5.91 Å². The Hall–Kier alpha value is -3.35. The maximum atomic E-state index is 12.0. The van der Waals surface area contributed by atoms with Crippen LogP contribution in [0.3, 0.4) is 0 Å². The lowest BCUT2D eigenvalue weighted by atomic mass is 10.2. The van der Waals surface area contributed by atoms with Gasteiger partial charge in [0.1, 0.15) is 0 Å². The molecule has 25 heavy (non-hydrogen) atoms. The van der Waals surface area contributed by atoms with Crippen LogP contribution in [0.5, 0.6) is 11.5 Å². The molecule has 128 valence electrons. The Bertz CT molecular complexity index is 862. The molecule has 2 aromatic carbocycles. The molecule has 0 atom stereocenters. The summed E-state index contributed by atoms with van der Waals surface area (Å²) in [5, 5.41) is 6.68. The van der Waals surface area contributed by atoms with Gasteiger partial charge in [-0.25, -0.2) is 0 Å². The molecule has 0 saturated carbocycles. The Kier molecular flexibility index (Phi) is 4.94. The number of hydrogen-bond acceptors (Lipinski definition) is 6. The summed E-state index contributed by atoms with van der Waals surface area (Å²) in [6.07, 6.45) is 0. The van der Waals surface area contributed by atoms with Crippen molar-refractivity contribution in [2.45, 2.75) is 6.54 Å². The molecule has 0 unspecified atom stereocenters. The molecule has 0 bridgehead atoms. The molecule has 1 N–H and O–H groups in total. The topological polar surface area (TPSA) is 86.5 Å². The summed E-state index contributed by atoms with van der Waals surface area (Å²) in [5.41, 5.74) is 1.30. The van der Waals surface area contributed by atoms with E-state index >= 15 is 0 Å². The van der Waals surface area contributed by atoms with Crippen molar-refractivity contribution < 1.29 is 18.8 Å². The molecule has 0 radical (unpaired) electrons. The maximum absolute atomic E-state index is 12.0. The minimum Gasteiger partial charge on any atom is -0.493 e. The van der Waals surface area contributed by atoms with Crippen LogP contribution in [0.1, 0.15) is 16.2 Å². The zero-order valence-electron chi connectivity index (χ0n) is 13.9. The second-order valence-electron chi connectivity index (χ2n) is 5.13. The summed E-state index contributed by atoms with van der Waals surface area (Å²) in [6, 6.07) is 14.3. The van der Waals surface area contributed by atoms with Gasteiger partial charge in [-0.3, -0.25) is 4.79 Å². The number of benzene rings is 2. The molecule has 1 aromatic heterocycles. The minimum absolute atomic E-state index is 0.147. The minimum atomic E-state index is -0.202. The Morgan fingerprint density at radius 1 is 1.08 bits per heavy atom. The second kappa shape index (κ2) is 7.48. The Balaban J connectivity index is 1.69. The SMILES string of the molecule is COc1ccc(-c2noc(CNC(=O)c3ccccc3)n2)cc1OC. The van der Waals surface area contributed by atoms with E-state index in [0.29, 0.717) is 28.8 Å². The van der Waals surface area contributed by atoms with Crippen LogP contribution in [0.4, 0.5) is 0 Å². The van der Waals surface area contributed by atoms with Gasteiger partial charge in [0, 0.05) is 11.1 Å². The first kappa shape index (κ1) is 16.5. The summed E-state index contributed by atoms with van der Waals surface area (Å²) in [4.78, 5) is 16.3. The predicted octanol–water partition coefficient (Wildman–Crippen LogP) is 2.68. The average Bonchev–Trinajstić information content (AvgIpc) is 3.15. The van der Waals surface area contributed by atoms with Crippen LogP contribution in [0.2, 0.25) is 0 Å². The average molecular weight is 339 g/mol. The fourth-order valence-electron chi connectivity index (χ4n) is 2.27. The molecular weight excluding hydrogens is 322 g/mol. The third kappa shape index (κ3) is 3.77.